The summed E-state index contributed by atoms with van der Waals surface area (Å²) < 4.78 is 0. The number of fused-ring (bicyclic) bond motifs is 9. The molecule has 0 aliphatic carbocycles. The third kappa shape index (κ3) is 4.39. The number of hydrogen-bond donors (Lipinski definition) is 0. The third-order valence-corrected chi connectivity index (χ3v) is 12.1. The SMILES string of the molecule is C=C(/C=C\c1ccc2c(c1C)N(C)CC=C2)c1ccc2c3ccc(-c4ccc5c6ccccc6c6ccccc6c5c4)c4cccc(c5cccc1c52)c43. The van der Waals surface area contributed by atoms with Crippen molar-refractivity contribution in [3.05, 3.63) is 181 Å². The van der Waals surface area contributed by atoms with E-state index in [0.717, 1.165) is 12.1 Å². The maximum Gasteiger partial charge on any atom is 0.0475 e. The van der Waals surface area contributed by atoms with Crippen molar-refractivity contribution in [1.29, 1.82) is 0 Å². The van der Waals surface area contributed by atoms with Gasteiger partial charge in [-0.3, -0.25) is 0 Å². The second kappa shape index (κ2) is 11.7. The van der Waals surface area contributed by atoms with E-state index in [2.05, 4.69) is 189 Å². The van der Waals surface area contributed by atoms with Crippen LogP contribution in [0.5, 0.6) is 0 Å². The monoisotopic (exact) mass is 687 g/mol. The van der Waals surface area contributed by atoms with E-state index in [-0.39, 0.29) is 0 Å². The highest BCUT2D eigenvalue weighted by Gasteiger charge is 2.19. The van der Waals surface area contributed by atoms with Gasteiger partial charge in [-0.15, -0.1) is 0 Å². The molecule has 11 rings (SSSR count). The van der Waals surface area contributed by atoms with Crippen molar-refractivity contribution in [1.82, 2.24) is 0 Å². The van der Waals surface area contributed by atoms with Gasteiger partial charge in [0.15, 0.2) is 0 Å². The number of nitrogens with zero attached hydrogens (tertiary/aromatic N) is 1. The van der Waals surface area contributed by atoms with E-state index < -0.39 is 0 Å². The number of likely N-dealkylation sites (N-methyl/N-ethyl adjacent to an activating group) is 1. The van der Waals surface area contributed by atoms with Crippen molar-refractivity contribution in [2.24, 2.45) is 0 Å². The lowest BCUT2D eigenvalue weighted by molar-refractivity contribution is 1.01. The van der Waals surface area contributed by atoms with Gasteiger partial charge in [0.2, 0.25) is 0 Å². The van der Waals surface area contributed by atoms with Gasteiger partial charge in [-0.2, -0.15) is 0 Å². The average molecular weight is 688 g/mol. The second-order valence-corrected chi connectivity index (χ2v) is 15.0. The predicted octanol–water partition coefficient (Wildman–Crippen LogP) is 14.4. The van der Waals surface area contributed by atoms with Crippen LogP contribution in [0, 0.1) is 6.92 Å². The van der Waals surface area contributed by atoms with Crippen LogP contribution in [0.1, 0.15) is 22.3 Å². The molecule has 1 heteroatoms. The van der Waals surface area contributed by atoms with E-state index in [1.165, 1.54) is 114 Å². The molecule has 0 N–H and O–H groups in total. The Hall–Kier alpha value is -6.70. The van der Waals surface area contributed by atoms with Gasteiger partial charge < -0.3 is 4.90 Å². The van der Waals surface area contributed by atoms with E-state index in [1.807, 2.05) is 0 Å². The predicted molar refractivity (Wildman–Crippen MR) is 237 cm³/mol. The number of hydrogen-bond acceptors (Lipinski definition) is 1. The number of rotatable bonds is 4. The molecule has 254 valence electrons. The molecule has 1 nitrogen and oxygen atoms in total. The molecule has 0 saturated carbocycles. The van der Waals surface area contributed by atoms with Crippen molar-refractivity contribution in [2.75, 3.05) is 18.5 Å². The zero-order chi connectivity index (χ0) is 36.1. The molecule has 1 aliphatic heterocycles. The standard InChI is InChI=1S/C53H37N/c1-32(20-21-34-22-23-35-11-10-30-54(3)53(35)33(34)2)37-26-28-48-49-29-27-38(45-17-9-19-47(52(45)49)46-18-8-16-44(37)51(46)48)36-24-25-43-41-14-5-4-12-39(41)40-13-6-7-15-42(40)50(43)31-36/h4-29,31H,1,30H2,2-3H3/b21-20-. The summed E-state index contributed by atoms with van der Waals surface area (Å²) in [6.07, 6.45) is 8.88. The molecule has 1 aliphatic rings. The molecule has 10 aromatic rings. The van der Waals surface area contributed by atoms with Crippen molar-refractivity contribution in [3.8, 4) is 11.1 Å². The van der Waals surface area contributed by atoms with Crippen LogP contribution in [0.15, 0.2) is 158 Å². The molecule has 0 spiro atoms. The molecule has 1 heterocycles. The summed E-state index contributed by atoms with van der Waals surface area (Å²) in [4.78, 5) is 2.33. The third-order valence-electron chi connectivity index (χ3n) is 12.1. The van der Waals surface area contributed by atoms with Gasteiger partial charge in [-0.05, 0) is 127 Å². The molecular weight excluding hydrogens is 651 g/mol. The second-order valence-electron chi connectivity index (χ2n) is 15.0. The lowest BCUT2D eigenvalue weighted by atomic mass is 9.85. The number of allylic oxidation sites excluding steroid dienone is 2. The smallest absolute Gasteiger partial charge is 0.0475 e. The van der Waals surface area contributed by atoms with Crippen LogP contribution in [-0.4, -0.2) is 13.6 Å². The Labute approximate surface area is 314 Å². The van der Waals surface area contributed by atoms with Crippen LogP contribution in [0.4, 0.5) is 5.69 Å². The molecule has 0 aromatic heterocycles. The van der Waals surface area contributed by atoms with Gasteiger partial charge in [0.25, 0.3) is 0 Å². The van der Waals surface area contributed by atoms with E-state index in [0.29, 0.717) is 0 Å². The van der Waals surface area contributed by atoms with Crippen molar-refractivity contribution in [2.45, 2.75) is 6.92 Å². The first kappa shape index (κ1) is 30.9. The molecule has 0 radical (unpaired) electrons. The van der Waals surface area contributed by atoms with Crippen LogP contribution in [0.3, 0.4) is 0 Å². The molecule has 0 saturated heterocycles. The summed E-state index contributed by atoms with van der Waals surface area (Å²) in [5, 5.41) is 18.1. The van der Waals surface area contributed by atoms with Gasteiger partial charge in [0, 0.05) is 19.3 Å². The largest absolute Gasteiger partial charge is 0.370 e. The van der Waals surface area contributed by atoms with E-state index in [4.69, 9.17) is 0 Å². The first-order chi connectivity index (χ1) is 26.5. The Morgan fingerprint density at radius 1 is 0.556 bits per heavy atom. The topological polar surface area (TPSA) is 3.24 Å². The fourth-order valence-electron chi connectivity index (χ4n) is 9.59. The van der Waals surface area contributed by atoms with Gasteiger partial charge in [0.05, 0.1) is 0 Å². The minimum atomic E-state index is 0.936. The Kier molecular flexibility index (Phi) is 6.66. The minimum Gasteiger partial charge on any atom is -0.370 e. The Balaban J connectivity index is 1.07. The van der Waals surface area contributed by atoms with Gasteiger partial charge in [-0.25, -0.2) is 0 Å². The van der Waals surface area contributed by atoms with E-state index in [1.54, 1.807) is 0 Å². The zero-order valence-electron chi connectivity index (χ0n) is 30.4. The average Bonchev–Trinajstić information content (AvgIpc) is 3.22. The Morgan fingerprint density at radius 3 is 1.83 bits per heavy atom. The molecule has 0 atom stereocenters. The lowest BCUT2D eigenvalue weighted by Crippen LogP contribution is -2.21. The van der Waals surface area contributed by atoms with Crippen molar-refractivity contribution >= 4 is 98.8 Å². The van der Waals surface area contributed by atoms with Crippen LogP contribution >= 0.6 is 0 Å². The molecule has 0 amide bonds. The Bertz CT molecular complexity index is 3230. The molecule has 0 fully saturated rings. The van der Waals surface area contributed by atoms with E-state index in [9.17, 15) is 0 Å². The zero-order valence-corrected chi connectivity index (χ0v) is 30.4. The first-order valence-corrected chi connectivity index (χ1v) is 18.9. The van der Waals surface area contributed by atoms with Crippen LogP contribution in [0.25, 0.3) is 104 Å². The lowest BCUT2D eigenvalue weighted by Gasteiger charge is -2.26. The summed E-state index contributed by atoms with van der Waals surface area (Å²) >= 11 is 0. The summed E-state index contributed by atoms with van der Waals surface area (Å²) in [7, 11) is 2.17. The molecule has 0 unspecified atom stereocenters. The van der Waals surface area contributed by atoms with Gasteiger partial charge in [0.1, 0.15) is 0 Å². The van der Waals surface area contributed by atoms with Crippen LogP contribution < -0.4 is 4.90 Å². The first-order valence-electron chi connectivity index (χ1n) is 18.9. The summed E-state index contributed by atoms with van der Waals surface area (Å²) in [5.41, 5.74) is 9.81. The molecule has 0 bridgehead atoms. The van der Waals surface area contributed by atoms with Crippen molar-refractivity contribution < 1.29 is 0 Å². The molecule has 10 aromatic carbocycles. The highest BCUT2D eigenvalue weighted by atomic mass is 15.1. The van der Waals surface area contributed by atoms with Gasteiger partial charge in [-0.1, -0.05) is 164 Å². The molecular formula is C53H37N. The maximum atomic E-state index is 4.60. The summed E-state index contributed by atoms with van der Waals surface area (Å²) in [6, 6.07) is 52.1. The van der Waals surface area contributed by atoms with Crippen molar-refractivity contribution in [3.63, 3.8) is 0 Å². The normalized spacial score (nSPS) is 13.2. The van der Waals surface area contributed by atoms with Gasteiger partial charge >= 0.3 is 0 Å². The summed E-state index contributed by atoms with van der Waals surface area (Å²) in [6.45, 7) is 7.77. The quantitative estimate of drug-likeness (QED) is 0.101. The summed E-state index contributed by atoms with van der Waals surface area (Å²) in [5.74, 6) is 0. The fourth-order valence-corrected chi connectivity index (χ4v) is 9.59. The fraction of sp³-hybridized carbons (Fsp3) is 0.0566. The highest BCUT2D eigenvalue weighted by Crippen LogP contribution is 2.45. The number of anilines is 1. The van der Waals surface area contributed by atoms with Crippen LogP contribution in [-0.2, 0) is 0 Å². The highest BCUT2D eigenvalue weighted by molar-refractivity contribution is 6.35. The maximum absolute atomic E-state index is 4.60. The Morgan fingerprint density at radius 2 is 1.11 bits per heavy atom. The molecule has 54 heavy (non-hydrogen) atoms. The van der Waals surface area contributed by atoms with Crippen LogP contribution in [0.2, 0.25) is 0 Å². The number of benzene rings is 10. The minimum absolute atomic E-state index is 0.936. The van der Waals surface area contributed by atoms with E-state index >= 15 is 0 Å².